The Hall–Kier alpha value is -5.13. The molecule has 204 valence electrons. The summed E-state index contributed by atoms with van der Waals surface area (Å²) in [4.78, 5) is 65.3. The fourth-order valence-electron chi connectivity index (χ4n) is 4.59. The lowest BCUT2D eigenvalue weighted by Crippen LogP contribution is -2.52. The van der Waals surface area contributed by atoms with Crippen molar-refractivity contribution in [3.8, 4) is 5.75 Å². The van der Waals surface area contributed by atoms with E-state index in [9.17, 15) is 23.6 Å². The minimum Gasteiger partial charge on any atom is -0.408 e. The number of hydrogen-bond acceptors (Lipinski definition) is 7. The number of aromatic nitrogens is 3. The Morgan fingerprint density at radius 1 is 0.950 bits per heavy atom. The van der Waals surface area contributed by atoms with Crippen LogP contribution in [-0.2, 0) is 4.79 Å². The Balaban J connectivity index is 1.28. The maximum Gasteiger partial charge on any atom is 0.418 e. The number of piperazine rings is 1. The number of fused-ring (bicyclic) bond motifs is 1. The van der Waals surface area contributed by atoms with E-state index in [1.165, 1.54) is 17.2 Å². The minimum atomic E-state index is -0.915. The van der Waals surface area contributed by atoms with Crippen molar-refractivity contribution < 1.29 is 28.3 Å². The zero-order chi connectivity index (χ0) is 28.4. The van der Waals surface area contributed by atoms with Gasteiger partial charge < -0.3 is 19.5 Å². The number of aromatic amines is 1. The van der Waals surface area contributed by atoms with Crippen LogP contribution in [0.1, 0.15) is 32.2 Å². The van der Waals surface area contributed by atoms with Gasteiger partial charge in [-0.1, -0.05) is 18.2 Å². The number of ketones is 1. The van der Waals surface area contributed by atoms with Crippen molar-refractivity contribution in [3.63, 3.8) is 0 Å². The summed E-state index contributed by atoms with van der Waals surface area (Å²) in [6, 6.07) is 12.6. The average molecular weight is 545 g/mol. The lowest BCUT2D eigenvalue weighted by Gasteiger charge is -2.34. The number of carbonyl (C=O) groups excluding carboxylic acids is 4. The largest absolute Gasteiger partial charge is 0.418 e. The van der Waals surface area contributed by atoms with E-state index < -0.39 is 23.6 Å². The van der Waals surface area contributed by atoms with Crippen LogP contribution < -0.4 is 10.1 Å². The third kappa shape index (κ3) is 5.37. The van der Waals surface area contributed by atoms with E-state index in [1.54, 1.807) is 49.1 Å². The second-order valence-electron chi connectivity index (χ2n) is 9.23. The van der Waals surface area contributed by atoms with Gasteiger partial charge in [-0.25, -0.2) is 19.2 Å². The number of halogens is 1. The molecular weight excluding hydrogens is 519 g/mol. The molecule has 0 spiro atoms. The number of nitrogens with zero attached hydrogens (tertiary/aromatic N) is 4. The number of carbonyl (C=O) groups is 4. The van der Waals surface area contributed by atoms with E-state index in [1.807, 2.05) is 6.07 Å². The molecule has 0 aliphatic carbocycles. The van der Waals surface area contributed by atoms with Crippen molar-refractivity contribution in [1.29, 1.82) is 0 Å². The van der Waals surface area contributed by atoms with Gasteiger partial charge in [0.15, 0.2) is 5.75 Å². The molecule has 12 heteroatoms. The average Bonchev–Trinajstić information content (AvgIpc) is 3.40. The highest BCUT2D eigenvalue weighted by molar-refractivity contribution is 6.45. The molecule has 11 nitrogen and oxygen atoms in total. The highest BCUT2D eigenvalue weighted by atomic mass is 19.1. The lowest BCUT2D eigenvalue weighted by molar-refractivity contribution is -0.127. The summed E-state index contributed by atoms with van der Waals surface area (Å²) >= 11 is 0. The summed E-state index contributed by atoms with van der Waals surface area (Å²) < 4.78 is 20.2. The topological polar surface area (TPSA) is 138 Å². The van der Waals surface area contributed by atoms with Gasteiger partial charge in [-0.05, 0) is 38.1 Å². The molecule has 0 atom stereocenters. The maximum absolute atomic E-state index is 14.9. The molecule has 0 saturated carbocycles. The SMILES string of the molecule is Cc1cc(NC(=O)Oc2ccc(F)c3c(C(=O)C(=O)N4CCN(C(=O)c5ccccc5)CC4)c[nH]c23)nc(C)n1. The first kappa shape index (κ1) is 26.5. The van der Waals surface area contributed by atoms with Gasteiger partial charge in [0.25, 0.3) is 17.6 Å². The van der Waals surface area contributed by atoms with Gasteiger partial charge in [-0.3, -0.25) is 19.7 Å². The zero-order valence-electron chi connectivity index (χ0n) is 21.7. The summed E-state index contributed by atoms with van der Waals surface area (Å²) in [6.07, 6.45) is 0.331. The molecule has 2 N–H and O–H groups in total. The fourth-order valence-corrected chi connectivity index (χ4v) is 4.59. The smallest absolute Gasteiger partial charge is 0.408 e. The zero-order valence-corrected chi connectivity index (χ0v) is 21.7. The predicted octanol–water partition coefficient (Wildman–Crippen LogP) is 3.49. The van der Waals surface area contributed by atoms with Crippen LogP contribution in [0.5, 0.6) is 5.75 Å². The first-order valence-electron chi connectivity index (χ1n) is 12.5. The van der Waals surface area contributed by atoms with E-state index in [4.69, 9.17) is 4.74 Å². The Morgan fingerprint density at radius 3 is 2.35 bits per heavy atom. The van der Waals surface area contributed by atoms with Crippen LogP contribution in [0.2, 0.25) is 0 Å². The van der Waals surface area contributed by atoms with Crippen LogP contribution in [0.15, 0.2) is 54.7 Å². The van der Waals surface area contributed by atoms with E-state index >= 15 is 0 Å². The van der Waals surface area contributed by atoms with Crippen molar-refractivity contribution in [2.75, 3.05) is 31.5 Å². The van der Waals surface area contributed by atoms with Gasteiger partial charge in [-0.15, -0.1) is 0 Å². The summed E-state index contributed by atoms with van der Waals surface area (Å²) in [5, 5.41) is 2.32. The van der Waals surface area contributed by atoms with Crippen LogP contribution in [0.4, 0.5) is 15.0 Å². The Bertz CT molecular complexity index is 1610. The first-order chi connectivity index (χ1) is 19.2. The number of ether oxygens (including phenoxy) is 1. The number of rotatable bonds is 5. The number of amides is 3. The molecule has 3 amide bonds. The molecule has 1 saturated heterocycles. The second kappa shape index (κ2) is 10.9. The number of H-pyrrole nitrogens is 1. The lowest BCUT2D eigenvalue weighted by atomic mass is 10.1. The summed E-state index contributed by atoms with van der Waals surface area (Å²) in [7, 11) is 0. The Kier molecular flexibility index (Phi) is 7.23. The standard InChI is InChI=1S/C28H25FN6O5/c1-16-14-22(32-17(2)31-16)33-28(39)40-21-9-8-20(29)23-19(15-30-24(21)23)25(36)27(38)35-12-10-34(11-13-35)26(37)18-6-4-3-5-7-18/h3-9,14-15,30H,10-13H2,1-2H3,(H,31,32,33,39). The number of hydrogen-bond donors (Lipinski definition) is 2. The fraction of sp³-hybridized carbons (Fsp3) is 0.214. The second-order valence-corrected chi connectivity index (χ2v) is 9.23. The molecule has 5 rings (SSSR count). The first-order valence-corrected chi connectivity index (χ1v) is 12.5. The number of aryl methyl sites for hydroxylation is 2. The van der Waals surface area contributed by atoms with Crippen LogP contribution in [0.3, 0.4) is 0 Å². The summed E-state index contributed by atoms with van der Waals surface area (Å²) in [6.45, 7) is 4.25. The molecule has 0 unspecified atom stereocenters. The van der Waals surface area contributed by atoms with Gasteiger partial charge in [0.1, 0.15) is 17.5 Å². The molecule has 1 fully saturated rings. The van der Waals surface area contributed by atoms with Gasteiger partial charge in [-0.2, -0.15) is 0 Å². The number of Topliss-reactive ketones (excluding diaryl/α,β-unsaturated/α-hetero) is 1. The quantitative estimate of drug-likeness (QED) is 0.290. The molecule has 1 aliphatic rings. The maximum atomic E-state index is 14.9. The van der Waals surface area contributed by atoms with E-state index in [2.05, 4.69) is 20.3 Å². The highest BCUT2D eigenvalue weighted by Gasteiger charge is 2.31. The minimum absolute atomic E-state index is 0.0413. The van der Waals surface area contributed by atoms with Crippen LogP contribution in [0, 0.1) is 19.7 Å². The molecule has 2 aromatic heterocycles. The molecule has 4 aromatic rings. The van der Waals surface area contributed by atoms with Gasteiger partial charge in [0, 0.05) is 49.7 Å². The molecule has 2 aromatic carbocycles. The predicted molar refractivity (Wildman–Crippen MR) is 143 cm³/mol. The molecular formula is C28H25FN6O5. The van der Waals surface area contributed by atoms with Gasteiger partial charge in [0.05, 0.1) is 16.5 Å². The van der Waals surface area contributed by atoms with Crippen molar-refractivity contribution >= 4 is 40.4 Å². The monoisotopic (exact) mass is 544 g/mol. The normalized spacial score (nSPS) is 13.3. The van der Waals surface area contributed by atoms with Crippen molar-refractivity contribution in [2.45, 2.75) is 13.8 Å². The van der Waals surface area contributed by atoms with Crippen molar-refractivity contribution in [2.24, 2.45) is 0 Å². The van der Waals surface area contributed by atoms with Crippen LogP contribution in [-0.4, -0.2) is 74.6 Å². The molecule has 1 aliphatic heterocycles. The van der Waals surface area contributed by atoms with E-state index in [-0.39, 0.29) is 60.1 Å². The third-order valence-electron chi connectivity index (χ3n) is 6.46. The van der Waals surface area contributed by atoms with E-state index in [0.717, 1.165) is 6.07 Å². The van der Waals surface area contributed by atoms with Crippen LogP contribution in [0.25, 0.3) is 10.9 Å². The van der Waals surface area contributed by atoms with Crippen molar-refractivity contribution in [1.82, 2.24) is 24.8 Å². The Morgan fingerprint density at radius 2 is 1.65 bits per heavy atom. The molecule has 0 bridgehead atoms. The molecule has 0 radical (unpaired) electrons. The third-order valence-corrected chi connectivity index (χ3v) is 6.46. The highest BCUT2D eigenvalue weighted by Crippen LogP contribution is 2.31. The molecule has 3 heterocycles. The van der Waals surface area contributed by atoms with Gasteiger partial charge >= 0.3 is 6.09 Å². The van der Waals surface area contributed by atoms with E-state index in [0.29, 0.717) is 17.1 Å². The van der Waals surface area contributed by atoms with Crippen molar-refractivity contribution in [3.05, 3.63) is 83.2 Å². The summed E-state index contributed by atoms with van der Waals surface area (Å²) in [5.74, 6) is -2.00. The molecule has 40 heavy (non-hydrogen) atoms. The Labute approximate surface area is 228 Å². The number of benzene rings is 2. The van der Waals surface area contributed by atoms with Crippen LogP contribution >= 0.6 is 0 Å². The number of anilines is 1. The van der Waals surface area contributed by atoms with Gasteiger partial charge in [0.2, 0.25) is 0 Å². The number of nitrogens with one attached hydrogen (secondary N) is 2. The summed E-state index contributed by atoms with van der Waals surface area (Å²) in [5.41, 5.74) is 1.04.